The van der Waals surface area contributed by atoms with Crippen LogP contribution in [0, 0.1) is 10.8 Å². The van der Waals surface area contributed by atoms with Gasteiger partial charge in [0.2, 0.25) is 0 Å². The van der Waals surface area contributed by atoms with Crippen LogP contribution in [0.5, 0.6) is 0 Å². The Morgan fingerprint density at radius 1 is 0.758 bits per heavy atom. The monoisotopic (exact) mass is 438 g/mol. The first-order valence-corrected chi connectivity index (χ1v) is 11.0. The van der Waals surface area contributed by atoms with Crippen molar-refractivity contribution in [3.8, 4) is 11.1 Å². The zero-order chi connectivity index (χ0) is 24.1. The second-order valence-electron chi connectivity index (χ2n) is 9.17. The van der Waals surface area contributed by atoms with Crippen molar-refractivity contribution in [2.75, 3.05) is 0 Å². The summed E-state index contributed by atoms with van der Waals surface area (Å²) in [6, 6.07) is 25.4. The van der Waals surface area contributed by atoms with Gasteiger partial charge in [0.1, 0.15) is 0 Å². The van der Waals surface area contributed by atoms with E-state index in [1.807, 2.05) is 86.6 Å². The van der Waals surface area contributed by atoms with Crippen molar-refractivity contribution in [3.05, 3.63) is 102 Å². The van der Waals surface area contributed by atoms with Crippen LogP contribution in [0.4, 0.5) is 0 Å². The van der Waals surface area contributed by atoms with E-state index in [0.29, 0.717) is 18.9 Å². The molecule has 0 unspecified atom stereocenters. The van der Waals surface area contributed by atoms with Crippen molar-refractivity contribution >= 4 is 24.4 Å². The maximum atomic E-state index is 10.3. The zero-order valence-corrected chi connectivity index (χ0v) is 19.7. The first-order valence-electron chi connectivity index (χ1n) is 11.0. The van der Waals surface area contributed by atoms with Crippen LogP contribution in [0.15, 0.2) is 91.0 Å². The molecule has 3 aromatic carbocycles. The number of rotatable bonds is 9. The summed E-state index contributed by atoms with van der Waals surface area (Å²) in [5.41, 5.74) is 3.75. The SMILES string of the molecule is CC(C)(O)C(C)(C)OBc1cccc(-c2cccc(C(=N)/C=C\C(=N)c3ccccc3)c2)c1. The van der Waals surface area contributed by atoms with Gasteiger partial charge in [-0.25, -0.2) is 0 Å². The number of hydrogen-bond donors (Lipinski definition) is 3. The number of aliphatic hydroxyl groups is 1. The summed E-state index contributed by atoms with van der Waals surface area (Å²) in [6.45, 7) is 7.27. The van der Waals surface area contributed by atoms with Gasteiger partial charge in [-0.3, -0.25) is 0 Å². The van der Waals surface area contributed by atoms with Crippen molar-refractivity contribution in [2.24, 2.45) is 0 Å². The van der Waals surface area contributed by atoms with Gasteiger partial charge in [0.25, 0.3) is 0 Å². The molecule has 0 heterocycles. The Morgan fingerprint density at radius 3 is 1.94 bits per heavy atom. The minimum Gasteiger partial charge on any atom is -0.427 e. The highest BCUT2D eigenvalue weighted by molar-refractivity contribution is 6.47. The lowest BCUT2D eigenvalue weighted by Crippen LogP contribution is -2.49. The lowest BCUT2D eigenvalue weighted by molar-refractivity contribution is -0.0893. The van der Waals surface area contributed by atoms with Crippen LogP contribution < -0.4 is 5.46 Å². The van der Waals surface area contributed by atoms with Gasteiger partial charge in [-0.05, 0) is 68.2 Å². The summed E-state index contributed by atoms with van der Waals surface area (Å²) in [5, 5.41) is 27.0. The molecule has 33 heavy (non-hydrogen) atoms. The van der Waals surface area contributed by atoms with E-state index >= 15 is 0 Å². The van der Waals surface area contributed by atoms with Crippen LogP contribution in [0.2, 0.25) is 0 Å². The van der Waals surface area contributed by atoms with Crippen LogP contribution in [-0.2, 0) is 4.65 Å². The summed E-state index contributed by atoms with van der Waals surface area (Å²) in [7, 11) is 0.394. The molecular formula is C28H31BN2O2. The normalized spacial score (nSPS) is 12.0. The van der Waals surface area contributed by atoms with E-state index in [1.165, 1.54) is 0 Å². The summed E-state index contributed by atoms with van der Waals surface area (Å²) < 4.78 is 6.01. The predicted octanol–water partition coefficient (Wildman–Crippen LogP) is 4.89. The molecule has 168 valence electrons. The Kier molecular flexibility index (Phi) is 7.47. The number of benzene rings is 3. The third-order valence-electron chi connectivity index (χ3n) is 6.01. The van der Waals surface area contributed by atoms with Gasteiger partial charge in [0, 0.05) is 0 Å². The Balaban J connectivity index is 1.74. The zero-order valence-electron chi connectivity index (χ0n) is 19.7. The average molecular weight is 438 g/mol. The fraction of sp³-hybridized carbons (Fsp3) is 0.214. The molecule has 0 aliphatic rings. The van der Waals surface area contributed by atoms with Crippen LogP contribution >= 0.6 is 0 Å². The minimum absolute atomic E-state index is 0.351. The maximum absolute atomic E-state index is 10.3. The third kappa shape index (κ3) is 6.38. The van der Waals surface area contributed by atoms with Gasteiger partial charge in [-0.1, -0.05) is 78.3 Å². The van der Waals surface area contributed by atoms with Crippen molar-refractivity contribution < 1.29 is 9.76 Å². The Morgan fingerprint density at radius 2 is 1.30 bits per heavy atom. The molecule has 0 saturated carbocycles. The van der Waals surface area contributed by atoms with Gasteiger partial charge in [0.15, 0.2) is 0 Å². The van der Waals surface area contributed by atoms with Gasteiger partial charge < -0.3 is 20.6 Å². The minimum atomic E-state index is -0.955. The average Bonchev–Trinajstić information content (AvgIpc) is 2.81. The molecule has 4 nitrogen and oxygen atoms in total. The van der Waals surface area contributed by atoms with Crippen LogP contribution in [0.25, 0.3) is 11.1 Å². The molecule has 3 N–H and O–H groups in total. The van der Waals surface area contributed by atoms with Crippen molar-refractivity contribution in [1.82, 2.24) is 0 Å². The highest BCUT2D eigenvalue weighted by atomic mass is 16.5. The Bertz CT molecular complexity index is 1160. The van der Waals surface area contributed by atoms with E-state index < -0.39 is 11.2 Å². The molecule has 0 radical (unpaired) electrons. The molecule has 0 saturated heterocycles. The smallest absolute Gasteiger partial charge is 0.309 e. The number of allylic oxidation sites excluding steroid dienone is 2. The molecule has 0 aliphatic carbocycles. The first-order chi connectivity index (χ1) is 15.6. The largest absolute Gasteiger partial charge is 0.427 e. The standard InChI is InChI=1S/C28H31BN2O2/c1-27(2,32)28(3,4)33-29-24-15-9-13-22(19-24)21-12-8-14-23(18-21)26(31)17-16-25(30)20-10-6-5-7-11-20/h5-19,29-32H,1-4H3/b17-16-,30-25?,31-26?. The summed E-state index contributed by atoms with van der Waals surface area (Å²) in [4.78, 5) is 0. The van der Waals surface area contributed by atoms with Gasteiger partial charge in [0.05, 0.1) is 22.6 Å². The highest BCUT2D eigenvalue weighted by Crippen LogP contribution is 2.25. The molecular weight excluding hydrogens is 407 g/mol. The van der Waals surface area contributed by atoms with Gasteiger partial charge >= 0.3 is 7.48 Å². The molecule has 0 aromatic heterocycles. The van der Waals surface area contributed by atoms with Gasteiger partial charge in [-0.2, -0.15) is 0 Å². The van der Waals surface area contributed by atoms with E-state index in [0.717, 1.165) is 27.7 Å². The van der Waals surface area contributed by atoms with Gasteiger partial charge in [-0.15, -0.1) is 0 Å². The van der Waals surface area contributed by atoms with E-state index in [-0.39, 0.29) is 0 Å². The molecule has 0 atom stereocenters. The molecule has 3 aromatic rings. The summed E-state index contributed by atoms with van der Waals surface area (Å²) in [5.74, 6) is 0. The lowest BCUT2D eigenvalue weighted by Gasteiger charge is -2.37. The second kappa shape index (κ2) is 10.1. The molecule has 0 spiro atoms. The first kappa shape index (κ1) is 24.4. The molecule has 0 aliphatic heterocycles. The third-order valence-corrected chi connectivity index (χ3v) is 6.01. The molecule has 3 rings (SSSR count). The lowest BCUT2D eigenvalue weighted by atomic mass is 9.81. The van der Waals surface area contributed by atoms with E-state index in [1.54, 1.807) is 26.0 Å². The van der Waals surface area contributed by atoms with Crippen molar-refractivity contribution in [2.45, 2.75) is 38.9 Å². The van der Waals surface area contributed by atoms with E-state index in [4.69, 9.17) is 15.5 Å². The number of nitrogens with one attached hydrogen (secondary N) is 2. The molecule has 0 bridgehead atoms. The quantitative estimate of drug-likeness (QED) is 0.329. The van der Waals surface area contributed by atoms with Crippen LogP contribution in [0.3, 0.4) is 0 Å². The topological polar surface area (TPSA) is 77.2 Å². The Labute approximate surface area is 197 Å². The Hall–Kier alpha value is -3.28. The summed E-state index contributed by atoms with van der Waals surface area (Å²) >= 11 is 0. The fourth-order valence-electron chi connectivity index (χ4n) is 3.12. The maximum Gasteiger partial charge on any atom is 0.309 e. The van der Waals surface area contributed by atoms with Crippen LogP contribution in [-0.4, -0.2) is 35.2 Å². The predicted molar refractivity (Wildman–Crippen MR) is 139 cm³/mol. The van der Waals surface area contributed by atoms with E-state index in [2.05, 4.69) is 6.07 Å². The van der Waals surface area contributed by atoms with E-state index in [9.17, 15) is 5.11 Å². The second-order valence-corrected chi connectivity index (χ2v) is 9.17. The fourth-order valence-corrected chi connectivity index (χ4v) is 3.12. The van der Waals surface area contributed by atoms with Crippen molar-refractivity contribution in [1.29, 1.82) is 10.8 Å². The molecule has 5 heteroatoms. The van der Waals surface area contributed by atoms with Crippen molar-refractivity contribution in [3.63, 3.8) is 0 Å². The molecule has 0 amide bonds. The summed E-state index contributed by atoms with van der Waals surface area (Å²) in [6.07, 6.45) is 3.32. The van der Waals surface area contributed by atoms with Crippen LogP contribution in [0.1, 0.15) is 38.8 Å². The molecule has 0 fully saturated rings. The highest BCUT2D eigenvalue weighted by Gasteiger charge is 2.35. The number of hydrogen-bond acceptors (Lipinski definition) is 4.